The lowest BCUT2D eigenvalue weighted by molar-refractivity contribution is 0.247. The Bertz CT molecular complexity index is 645. The van der Waals surface area contributed by atoms with Crippen LogP contribution < -0.4 is 0 Å². The monoisotopic (exact) mass is 282 g/mol. The van der Waals surface area contributed by atoms with Gasteiger partial charge >= 0.3 is 0 Å². The molecule has 102 valence electrons. The van der Waals surface area contributed by atoms with E-state index in [9.17, 15) is 0 Å². The fraction of sp³-hybridized carbons (Fsp3) is 0.353. The van der Waals surface area contributed by atoms with Gasteiger partial charge in [-0.1, -0.05) is 30.3 Å². The molecule has 0 saturated heterocycles. The predicted molar refractivity (Wildman–Crippen MR) is 84.2 cm³/mol. The number of fused-ring (bicyclic) bond motifs is 3. The molecule has 0 spiro atoms. The third kappa shape index (κ3) is 1.80. The van der Waals surface area contributed by atoms with Crippen molar-refractivity contribution in [3.63, 3.8) is 0 Å². The van der Waals surface area contributed by atoms with Gasteiger partial charge in [-0.05, 0) is 36.3 Å². The summed E-state index contributed by atoms with van der Waals surface area (Å²) < 4.78 is 0. The Kier molecular flexibility index (Phi) is 2.88. The van der Waals surface area contributed by atoms with Crippen molar-refractivity contribution in [2.45, 2.75) is 25.3 Å². The fourth-order valence-electron chi connectivity index (χ4n) is 3.61. The molecule has 4 rings (SSSR count). The summed E-state index contributed by atoms with van der Waals surface area (Å²) in [5.41, 5.74) is 4.15. The first-order chi connectivity index (χ1) is 9.84. The average Bonchev–Trinajstić information content (AvgIpc) is 3.03. The molecule has 2 atom stereocenters. The maximum Gasteiger partial charge on any atom is 0.0893 e. The maximum atomic E-state index is 4.91. The quantitative estimate of drug-likeness (QED) is 0.769. The van der Waals surface area contributed by atoms with Crippen molar-refractivity contribution in [3.05, 3.63) is 57.8 Å². The molecule has 2 nitrogen and oxygen atoms in total. The summed E-state index contributed by atoms with van der Waals surface area (Å²) in [5, 5.41) is 9.25. The summed E-state index contributed by atoms with van der Waals surface area (Å²) in [6.07, 6.45) is 3.68. The van der Waals surface area contributed by atoms with Crippen LogP contribution in [-0.2, 0) is 6.42 Å². The van der Waals surface area contributed by atoms with Crippen LogP contribution in [0.3, 0.4) is 0 Å². The van der Waals surface area contributed by atoms with E-state index >= 15 is 0 Å². The van der Waals surface area contributed by atoms with Crippen LogP contribution in [0, 0.1) is 5.92 Å². The van der Waals surface area contributed by atoms with E-state index in [4.69, 9.17) is 5.10 Å². The number of rotatable bonds is 1. The second-order valence-electron chi connectivity index (χ2n) is 5.68. The second-order valence-corrected chi connectivity index (χ2v) is 6.65. The Morgan fingerprint density at radius 3 is 2.95 bits per heavy atom. The van der Waals surface area contributed by atoms with E-state index in [1.165, 1.54) is 41.0 Å². The van der Waals surface area contributed by atoms with Gasteiger partial charge in [0.25, 0.3) is 0 Å². The molecule has 3 heteroatoms. The summed E-state index contributed by atoms with van der Waals surface area (Å²) in [6.45, 7) is 0. The van der Waals surface area contributed by atoms with Crippen LogP contribution in [0.5, 0.6) is 0 Å². The molecule has 1 aromatic heterocycles. The minimum absolute atomic E-state index is 0.427. The lowest BCUT2D eigenvalue weighted by atomic mass is 9.88. The van der Waals surface area contributed by atoms with Crippen molar-refractivity contribution in [2.24, 2.45) is 11.0 Å². The zero-order chi connectivity index (χ0) is 13.5. The largest absolute Gasteiger partial charge is 0.291 e. The Morgan fingerprint density at radius 2 is 2.10 bits per heavy atom. The standard InChI is InChI=1S/C17H18N2S/c1-19-17(15-10-5-11-20-15)14-9-4-7-12-6-2-3-8-13(12)16(14)18-19/h2-3,5-6,8,10-11,14,17H,4,7,9H2,1H3/t14-,17+/m0/s1. The first-order valence-corrected chi connectivity index (χ1v) is 8.15. The van der Waals surface area contributed by atoms with E-state index in [1.54, 1.807) is 0 Å². The molecule has 1 aliphatic heterocycles. The Hall–Kier alpha value is -1.61. The number of nitrogens with zero attached hydrogens (tertiary/aromatic N) is 2. The number of aryl methyl sites for hydroxylation is 1. The molecular formula is C17H18N2S. The van der Waals surface area contributed by atoms with E-state index in [0.29, 0.717) is 12.0 Å². The molecular weight excluding hydrogens is 264 g/mol. The van der Waals surface area contributed by atoms with Crippen molar-refractivity contribution >= 4 is 17.0 Å². The van der Waals surface area contributed by atoms with Crippen LogP contribution in [0.4, 0.5) is 0 Å². The normalized spacial score (nSPS) is 24.9. The van der Waals surface area contributed by atoms with Gasteiger partial charge in [0, 0.05) is 23.4 Å². The lowest BCUT2D eigenvalue weighted by Gasteiger charge is -2.23. The molecule has 0 unspecified atom stereocenters. The van der Waals surface area contributed by atoms with Gasteiger partial charge in [0.1, 0.15) is 0 Å². The third-order valence-corrected chi connectivity index (χ3v) is 5.43. The van der Waals surface area contributed by atoms with Gasteiger partial charge in [-0.3, -0.25) is 5.01 Å². The zero-order valence-corrected chi connectivity index (χ0v) is 12.4. The van der Waals surface area contributed by atoms with E-state index < -0.39 is 0 Å². The average molecular weight is 282 g/mol. The molecule has 1 aromatic carbocycles. The van der Waals surface area contributed by atoms with E-state index in [-0.39, 0.29) is 0 Å². The fourth-order valence-corrected chi connectivity index (χ4v) is 4.53. The van der Waals surface area contributed by atoms with Crippen LogP contribution in [0.2, 0.25) is 0 Å². The molecule has 2 aliphatic rings. The minimum Gasteiger partial charge on any atom is -0.291 e. The minimum atomic E-state index is 0.427. The van der Waals surface area contributed by atoms with E-state index in [2.05, 4.69) is 53.8 Å². The smallest absolute Gasteiger partial charge is 0.0893 e. The molecule has 0 amide bonds. The summed E-state index contributed by atoms with van der Waals surface area (Å²) >= 11 is 1.85. The van der Waals surface area contributed by atoms with Crippen molar-refractivity contribution in [1.82, 2.24) is 5.01 Å². The highest BCUT2D eigenvalue weighted by molar-refractivity contribution is 7.10. The molecule has 1 aliphatic carbocycles. The first-order valence-electron chi connectivity index (χ1n) is 7.27. The molecule has 0 N–H and O–H groups in total. The highest BCUT2D eigenvalue weighted by atomic mass is 32.1. The summed E-state index contributed by atoms with van der Waals surface area (Å²) in [7, 11) is 2.12. The summed E-state index contributed by atoms with van der Waals surface area (Å²) in [5.74, 6) is 0.544. The highest BCUT2D eigenvalue weighted by Crippen LogP contribution is 2.42. The Labute approximate surface area is 123 Å². The van der Waals surface area contributed by atoms with Crippen LogP contribution >= 0.6 is 11.3 Å². The van der Waals surface area contributed by atoms with Crippen molar-refractivity contribution < 1.29 is 0 Å². The van der Waals surface area contributed by atoms with Crippen LogP contribution in [0.1, 0.15) is 34.9 Å². The maximum absolute atomic E-state index is 4.91. The van der Waals surface area contributed by atoms with Crippen LogP contribution in [0.25, 0.3) is 0 Å². The van der Waals surface area contributed by atoms with Crippen molar-refractivity contribution in [3.8, 4) is 0 Å². The number of hydrogen-bond donors (Lipinski definition) is 0. The molecule has 20 heavy (non-hydrogen) atoms. The SMILES string of the molecule is CN1N=C2c3ccccc3CCC[C@@H]2[C@@H]1c1cccs1. The lowest BCUT2D eigenvalue weighted by Crippen LogP contribution is -2.22. The Balaban J connectivity index is 1.80. The second kappa shape index (κ2) is 4.74. The highest BCUT2D eigenvalue weighted by Gasteiger charge is 2.39. The van der Waals surface area contributed by atoms with Gasteiger partial charge in [-0.25, -0.2) is 0 Å². The van der Waals surface area contributed by atoms with Gasteiger partial charge in [-0.15, -0.1) is 11.3 Å². The number of hydrazone groups is 1. The van der Waals surface area contributed by atoms with E-state index in [1.807, 2.05) is 11.3 Å². The molecule has 0 saturated carbocycles. The van der Waals surface area contributed by atoms with Crippen molar-refractivity contribution in [2.75, 3.05) is 7.05 Å². The zero-order valence-electron chi connectivity index (χ0n) is 11.6. The number of thiophene rings is 1. The third-order valence-electron chi connectivity index (χ3n) is 4.49. The molecule has 0 fully saturated rings. The van der Waals surface area contributed by atoms with Gasteiger partial charge in [-0.2, -0.15) is 5.10 Å². The summed E-state index contributed by atoms with van der Waals surface area (Å²) in [4.78, 5) is 1.44. The molecule has 2 heterocycles. The van der Waals surface area contributed by atoms with Gasteiger partial charge < -0.3 is 0 Å². The predicted octanol–water partition coefficient (Wildman–Crippen LogP) is 4.09. The van der Waals surface area contributed by atoms with Crippen LogP contribution in [0.15, 0.2) is 46.9 Å². The van der Waals surface area contributed by atoms with Gasteiger partial charge in [0.05, 0.1) is 11.8 Å². The number of benzene rings is 1. The number of hydrogen-bond acceptors (Lipinski definition) is 3. The molecule has 2 aromatic rings. The molecule has 0 radical (unpaired) electrons. The topological polar surface area (TPSA) is 15.6 Å². The Morgan fingerprint density at radius 1 is 1.20 bits per heavy atom. The van der Waals surface area contributed by atoms with E-state index in [0.717, 1.165) is 0 Å². The summed E-state index contributed by atoms with van der Waals surface area (Å²) in [6, 6.07) is 13.6. The van der Waals surface area contributed by atoms with Crippen molar-refractivity contribution in [1.29, 1.82) is 0 Å². The van der Waals surface area contributed by atoms with Gasteiger partial charge in [0.15, 0.2) is 0 Å². The van der Waals surface area contributed by atoms with Gasteiger partial charge in [0.2, 0.25) is 0 Å². The molecule has 0 bridgehead atoms. The first kappa shape index (κ1) is 12.2. The van der Waals surface area contributed by atoms with Crippen LogP contribution in [-0.4, -0.2) is 17.8 Å².